The summed E-state index contributed by atoms with van der Waals surface area (Å²) in [7, 11) is 0. The van der Waals surface area contributed by atoms with Crippen LogP contribution in [0, 0.1) is 0 Å². The summed E-state index contributed by atoms with van der Waals surface area (Å²) < 4.78 is 5.99. The van der Waals surface area contributed by atoms with E-state index in [2.05, 4.69) is 47.6 Å². The predicted molar refractivity (Wildman–Crippen MR) is 106 cm³/mol. The number of aromatic hydroxyl groups is 1. The highest BCUT2D eigenvalue weighted by atomic mass is 16.5. The van der Waals surface area contributed by atoms with Gasteiger partial charge in [-0.05, 0) is 53.9 Å². The Balaban J connectivity index is 2.09. The van der Waals surface area contributed by atoms with Crippen LogP contribution in [0.1, 0.15) is 65.5 Å². The molecule has 25 heavy (non-hydrogen) atoms. The molecule has 0 aliphatic heterocycles. The molecule has 2 aromatic rings. The highest BCUT2D eigenvalue weighted by molar-refractivity contribution is 5.47. The lowest BCUT2D eigenvalue weighted by Crippen LogP contribution is -2.23. The molecule has 2 aromatic carbocycles. The van der Waals surface area contributed by atoms with Crippen molar-refractivity contribution in [3.63, 3.8) is 0 Å². The molecule has 0 amide bonds. The average Bonchev–Trinajstić information content (AvgIpc) is 2.53. The van der Waals surface area contributed by atoms with E-state index in [-0.39, 0.29) is 16.9 Å². The van der Waals surface area contributed by atoms with Gasteiger partial charge in [-0.1, -0.05) is 71.0 Å². The highest BCUT2D eigenvalue weighted by Gasteiger charge is 2.28. The summed E-state index contributed by atoms with van der Waals surface area (Å²) in [5.74, 6) is 1.35. The molecule has 0 radical (unpaired) electrons. The first-order valence-corrected chi connectivity index (χ1v) is 9.16. The van der Waals surface area contributed by atoms with Crippen molar-refractivity contribution in [2.45, 2.75) is 71.3 Å². The summed E-state index contributed by atoms with van der Waals surface area (Å²) in [5.41, 5.74) is 1.85. The monoisotopic (exact) mass is 340 g/mol. The van der Waals surface area contributed by atoms with Gasteiger partial charge in [-0.25, -0.2) is 0 Å². The number of hydrogen-bond donors (Lipinski definition) is 1. The topological polar surface area (TPSA) is 29.5 Å². The molecule has 136 valence electrons. The minimum absolute atomic E-state index is 0.0696. The first-order chi connectivity index (χ1) is 11.6. The Morgan fingerprint density at radius 2 is 1.48 bits per heavy atom. The highest BCUT2D eigenvalue weighted by Crippen LogP contribution is 2.40. The van der Waals surface area contributed by atoms with Crippen LogP contribution in [-0.2, 0) is 10.8 Å². The summed E-state index contributed by atoms with van der Waals surface area (Å²) in [4.78, 5) is 0. The van der Waals surface area contributed by atoms with E-state index in [4.69, 9.17) is 4.74 Å². The van der Waals surface area contributed by atoms with Crippen molar-refractivity contribution in [1.29, 1.82) is 0 Å². The molecule has 1 N–H and O–H groups in total. The Bertz CT molecular complexity index is 681. The van der Waals surface area contributed by atoms with Gasteiger partial charge in [-0.3, -0.25) is 0 Å². The van der Waals surface area contributed by atoms with E-state index < -0.39 is 0 Å². The van der Waals surface area contributed by atoms with Crippen molar-refractivity contribution in [3.05, 3.63) is 59.7 Å². The van der Waals surface area contributed by atoms with Gasteiger partial charge in [0.25, 0.3) is 0 Å². The molecule has 0 heterocycles. The van der Waals surface area contributed by atoms with Gasteiger partial charge in [0.1, 0.15) is 11.5 Å². The molecule has 1 atom stereocenters. The van der Waals surface area contributed by atoms with E-state index in [1.165, 1.54) is 0 Å². The standard InChI is InChI=1S/C23H32O2/c1-17(25-18-11-8-7-9-12-18)15-16-23(5,6)20-14-10-13-19(21(20)24)22(2,3)4/h7-14,17,24H,15-16H2,1-6H3. The Kier molecular flexibility index (Phi) is 5.82. The SMILES string of the molecule is CC(CCC(C)(C)c1cccc(C(C)(C)C)c1O)Oc1ccccc1. The summed E-state index contributed by atoms with van der Waals surface area (Å²) in [6.07, 6.45) is 2.01. The maximum absolute atomic E-state index is 10.8. The number of benzene rings is 2. The number of rotatable bonds is 6. The molecular weight excluding hydrogens is 308 g/mol. The second-order valence-electron chi connectivity index (χ2n) is 8.62. The third kappa shape index (κ3) is 5.01. The van der Waals surface area contributed by atoms with Crippen molar-refractivity contribution in [1.82, 2.24) is 0 Å². The first kappa shape index (κ1) is 19.4. The number of phenolic OH excluding ortho intramolecular Hbond substituents is 1. The second-order valence-corrected chi connectivity index (χ2v) is 8.62. The van der Waals surface area contributed by atoms with Gasteiger partial charge in [-0.15, -0.1) is 0 Å². The molecule has 0 aromatic heterocycles. The zero-order chi connectivity index (χ0) is 18.7. The molecule has 1 unspecified atom stereocenters. The normalized spacial score (nSPS) is 13.5. The summed E-state index contributed by atoms with van der Waals surface area (Å²) in [5, 5.41) is 10.8. The molecule has 0 spiro atoms. The zero-order valence-corrected chi connectivity index (χ0v) is 16.5. The van der Waals surface area contributed by atoms with Gasteiger partial charge in [0.15, 0.2) is 0 Å². The summed E-state index contributed by atoms with van der Waals surface area (Å²) in [6.45, 7) is 12.9. The fourth-order valence-electron chi connectivity index (χ4n) is 3.18. The van der Waals surface area contributed by atoms with Crippen LogP contribution >= 0.6 is 0 Å². The fraction of sp³-hybridized carbons (Fsp3) is 0.478. The van der Waals surface area contributed by atoms with Crippen molar-refractivity contribution in [3.8, 4) is 11.5 Å². The Hall–Kier alpha value is -1.96. The molecular formula is C23H32O2. The Morgan fingerprint density at radius 3 is 2.08 bits per heavy atom. The molecule has 2 nitrogen and oxygen atoms in total. The minimum atomic E-state index is -0.111. The molecule has 2 rings (SSSR count). The van der Waals surface area contributed by atoms with Gasteiger partial charge in [0.05, 0.1) is 6.10 Å². The van der Waals surface area contributed by atoms with Crippen molar-refractivity contribution in [2.24, 2.45) is 0 Å². The minimum Gasteiger partial charge on any atom is -0.507 e. The van der Waals surface area contributed by atoms with Gasteiger partial charge < -0.3 is 9.84 Å². The number of hydrogen-bond acceptors (Lipinski definition) is 2. The molecule has 0 saturated heterocycles. The van der Waals surface area contributed by atoms with Crippen LogP contribution in [0.2, 0.25) is 0 Å². The molecule has 0 fully saturated rings. The van der Waals surface area contributed by atoms with Gasteiger partial charge in [-0.2, -0.15) is 0 Å². The number of ether oxygens (including phenoxy) is 1. The Morgan fingerprint density at radius 1 is 0.880 bits per heavy atom. The largest absolute Gasteiger partial charge is 0.507 e. The van der Waals surface area contributed by atoms with E-state index in [1.54, 1.807) is 0 Å². The first-order valence-electron chi connectivity index (χ1n) is 9.16. The van der Waals surface area contributed by atoms with E-state index in [0.717, 1.165) is 29.7 Å². The van der Waals surface area contributed by atoms with Crippen molar-refractivity contribution >= 4 is 0 Å². The molecule has 2 heteroatoms. The van der Waals surface area contributed by atoms with Crippen LogP contribution in [0.15, 0.2) is 48.5 Å². The van der Waals surface area contributed by atoms with Crippen LogP contribution in [0.5, 0.6) is 11.5 Å². The summed E-state index contributed by atoms with van der Waals surface area (Å²) in [6, 6.07) is 16.1. The molecule has 0 aliphatic carbocycles. The van der Waals surface area contributed by atoms with Gasteiger partial charge in [0.2, 0.25) is 0 Å². The number of phenols is 1. The van der Waals surface area contributed by atoms with E-state index in [0.29, 0.717) is 5.75 Å². The summed E-state index contributed by atoms with van der Waals surface area (Å²) >= 11 is 0. The molecule has 0 aliphatic rings. The van der Waals surface area contributed by atoms with Crippen LogP contribution in [-0.4, -0.2) is 11.2 Å². The zero-order valence-electron chi connectivity index (χ0n) is 16.5. The average molecular weight is 341 g/mol. The second kappa shape index (κ2) is 7.51. The quantitative estimate of drug-likeness (QED) is 0.677. The van der Waals surface area contributed by atoms with E-state index >= 15 is 0 Å². The molecule has 0 bridgehead atoms. The maximum Gasteiger partial charge on any atom is 0.123 e. The van der Waals surface area contributed by atoms with E-state index in [9.17, 15) is 5.11 Å². The van der Waals surface area contributed by atoms with Crippen LogP contribution < -0.4 is 4.74 Å². The smallest absolute Gasteiger partial charge is 0.123 e. The lowest BCUT2D eigenvalue weighted by atomic mass is 9.76. The van der Waals surface area contributed by atoms with Crippen molar-refractivity contribution < 1.29 is 9.84 Å². The lowest BCUT2D eigenvalue weighted by Gasteiger charge is -2.30. The fourth-order valence-corrected chi connectivity index (χ4v) is 3.18. The van der Waals surface area contributed by atoms with Crippen LogP contribution in [0.4, 0.5) is 0 Å². The van der Waals surface area contributed by atoms with Crippen LogP contribution in [0.3, 0.4) is 0 Å². The van der Waals surface area contributed by atoms with E-state index in [1.807, 2.05) is 42.5 Å². The third-order valence-electron chi connectivity index (χ3n) is 4.83. The van der Waals surface area contributed by atoms with Gasteiger partial charge in [0, 0.05) is 0 Å². The third-order valence-corrected chi connectivity index (χ3v) is 4.83. The molecule has 0 saturated carbocycles. The lowest BCUT2D eigenvalue weighted by molar-refractivity contribution is 0.196. The van der Waals surface area contributed by atoms with Crippen LogP contribution in [0.25, 0.3) is 0 Å². The van der Waals surface area contributed by atoms with Crippen molar-refractivity contribution in [2.75, 3.05) is 0 Å². The predicted octanol–water partition coefficient (Wildman–Crippen LogP) is 6.22. The number of para-hydroxylation sites is 2. The Labute approximate surface area is 152 Å². The maximum atomic E-state index is 10.8. The van der Waals surface area contributed by atoms with Gasteiger partial charge >= 0.3 is 0 Å².